The number of carboxylic acid groups (broad SMARTS) is 1. The average Bonchev–Trinajstić information content (AvgIpc) is 3.89. The van der Waals surface area contributed by atoms with Gasteiger partial charge >= 0.3 is 0 Å². The van der Waals surface area contributed by atoms with Crippen LogP contribution in [0.5, 0.6) is 11.5 Å². The number of hydrogen-bond donors (Lipinski definition) is 3. The van der Waals surface area contributed by atoms with Gasteiger partial charge in [0.15, 0.2) is 0 Å². The van der Waals surface area contributed by atoms with E-state index in [0.717, 1.165) is 39.1 Å². The van der Waals surface area contributed by atoms with E-state index in [-0.39, 0.29) is 30.1 Å². The molecule has 46 heavy (non-hydrogen) atoms. The third-order valence-corrected chi connectivity index (χ3v) is 8.15. The lowest BCUT2D eigenvalue weighted by Crippen LogP contribution is -2.27. The Morgan fingerprint density at radius 3 is 2.22 bits per heavy atom. The Kier molecular flexibility index (Phi) is 11.0. The highest BCUT2D eigenvalue weighted by atomic mass is 79.9. The lowest BCUT2D eigenvalue weighted by molar-refractivity contribution is -0.123. The van der Waals surface area contributed by atoms with Gasteiger partial charge in [-0.25, -0.2) is 0 Å². The molecule has 0 aliphatic heterocycles. The van der Waals surface area contributed by atoms with Crippen molar-refractivity contribution in [3.8, 4) is 22.6 Å². The molecule has 3 N–H and O–H groups in total. The number of rotatable bonds is 10. The Hall–Kier alpha value is -5.21. The Bertz CT molecular complexity index is 1780. The quantitative estimate of drug-likeness (QED) is 0.129. The van der Waals surface area contributed by atoms with E-state index >= 15 is 0 Å². The monoisotopic (exact) mass is 676 g/mol. The summed E-state index contributed by atoms with van der Waals surface area (Å²) < 4.78 is 6.91. The van der Waals surface area contributed by atoms with Crippen LogP contribution in [0, 0.1) is 5.92 Å². The van der Waals surface area contributed by atoms with Crippen LogP contribution in [0.2, 0.25) is 0 Å². The average molecular weight is 678 g/mol. The van der Waals surface area contributed by atoms with Gasteiger partial charge in [-0.1, -0.05) is 107 Å². The second kappa shape index (κ2) is 15.7. The van der Waals surface area contributed by atoms with Gasteiger partial charge in [-0.2, -0.15) is 0 Å². The van der Waals surface area contributed by atoms with Gasteiger partial charge in [0.25, 0.3) is 12.4 Å². The maximum atomic E-state index is 13.2. The topological polar surface area (TPSA) is 105 Å². The molecule has 6 rings (SSSR count). The van der Waals surface area contributed by atoms with Crippen molar-refractivity contribution in [1.82, 2.24) is 5.32 Å². The van der Waals surface area contributed by atoms with Gasteiger partial charge in [-0.05, 0) is 71.8 Å². The first-order chi connectivity index (χ1) is 22.5. The summed E-state index contributed by atoms with van der Waals surface area (Å²) in [6.45, 7) is 0.213. The molecule has 1 saturated carbocycles. The van der Waals surface area contributed by atoms with E-state index in [9.17, 15) is 9.59 Å². The number of hydrogen-bond acceptors (Lipinski definition) is 4. The summed E-state index contributed by atoms with van der Waals surface area (Å²) in [4.78, 5) is 34.5. The molecule has 1 fully saturated rings. The molecule has 0 spiro atoms. The van der Waals surface area contributed by atoms with E-state index < -0.39 is 0 Å². The molecule has 5 aromatic carbocycles. The maximum absolute atomic E-state index is 13.2. The number of anilines is 1. The molecule has 0 radical (unpaired) electrons. The maximum Gasteiger partial charge on any atom is 0.290 e. The SMILES string of the molecule is O=C(NCCc1ccc(-c2ccccc2Oc2ccccc2)cc1)c1cc(Br)ccc1NC(=O)C1CC1c1ccccc1.O=CO. The molecule has 8 heteroatoms. The zero-order valence-corrected chi connectivity index (χ0v) is 26.5. The minimum absolute atomic E-state index is 0.0546. The Morgan fingerprint density at radius 2 is 1.50 bits per heavy atom. The van der Waals surface area contributed by atoms with E-state index in [1.165, 1.54) is 5.56 Å². The predicted octanol–water partition coefficient (Wildman–Crippen LogP) is 8.32. The van der Waals surface area contributed by atoms with Crippen molar-refractivity contribution in [2.24, 2.45) is 5.92 Å². The van der Waals surface area contributed by atoms with Crippen LogP contribution in [0.4, 0.5) is 5.69 Å². The first kappa shape index (κ1) is 32.2. The highest BCUT2D eigenvalue weighted by molar-refractivity contribution is 9.10. The number of ether oxygens (including phenoxy) is 1. The molecule has 5 aromatic rings. The van der Waals surface area contributed by atoms with Crippen LogP contribution in [-0.2, 0) is 16.0 Å². The van der Waals surface area contributed by atoms with Crippen molar-refractivity contribution in [1.29, 1.82) is 0 Å². The molecule has 2 amide bonds. The zero-order valence-electron chi connectivity index (χ0n) is 24.9. The number of para-hydroxylation sites is 2. The number of amides is 2. The van der Waals surface area contributed by atoms with Crippen molar-refractivity contribution in [2.45, 2.75) is 18.8 Å². The molecular formula is C38H33BrN2O5. The number of nitrogens with one attached hydrogen (secondary N) is 2. The van der Waals surface area contributed by atoms with Crippen LogP contribution in [0.25, 0.3) is 11.1 Å². The molecule has 1 aliphatic rings. The Labute approximate surface area is 276 Å². The lowest BCUT2D eigenvalue weighted by atomic mass is 10.0. The van der Waals surface area contributed by atoms with E-state index in [1.807, 2.05) is 78.9 Å². The van der Waals surface area contributed by atoms with E-state index in [1.54, 1.807) is 12.1 Å². The van der Waals surface area contributed by atoms with Crippen LogP contribution in [-0.4, -0.2) is 29.9 Å². The number of halogens is 1. The standard InChI is InChI=1S/C37H31BrN2O3.CH2O2/c38-28-19-20-34(40-37(42)32-24-31(32)26-9-3-1-4-10-26)33(23-28)36(41)39-22-21-25-15-17-27(18-16-25)30-13-7-8-14-35(30)43-29-11-5-2-6-12-29;2-1-3/h1-20,23,31-32H,21-22,24H2,(H,39,41)(H,40,42);1H,(H,2,3). The Morgan fingerprint density at radius 1 is 0.848 bits per heavy atom. The summed E-state index contributed by atoms with van der Waals surface area (Å²) in [5.41, 5.74) is 5.30. The van der Waals surface area contributed by atoms with Crippen LogP contribution in [0.15, 0.2) is 132 Å². The summed E-state index contributed by atoms with van der Waals surface area (Å²) in [5, 5.41) is 12.9. The fourth-order valence-corrected chi connectivity index (χ4v) is 5.63. The number of benzene rings is 5. The molecular weight excluding hydrogens is 644 g/mol. The second-order valence-electron chi connectivity index (χ2n) is 10.8. The summed E-state index contributed by atoms with van der Waals surface area (Å²) in [5.74, 6) is 1.45. The first-order valence-corrected chi connectivity index (χ1v) is 15.7. The van der Waals surface area contributed by atoms with Crippen molar-refractivity contribution in [3.63, 3.8) is 0 Å². The second-order valence-corrected chi connectivity index (χ2v) is 11.7. The normalized spacial score (nSPS) is 14.6. The molecule has 232 valence electrons. The summed E-state index contributed by atoms with van der Waals surface area (Å²) in [6.07, 6.45) is 1.49. The van der Waals surface area contributed by atoms with Gasteiger partial charge in [-0.3, -0.25) is 14.4 Å². The minimum Gasteiger partial charge on any atom is -0.483 e. The molecule has 2 unspecified atom stereocenters. The highest BCUT2D eigenvalue weighted by Crippen LogP contribution is 2.48. The highest BCUT2D eigenvalue weighted by Gasteiger charge is 2.44. The van der Waals surface area contributed by atoms with Crippen molar-refractivity contribution in [2.75, 3.05) is 11.9 Å². The van der Waals surface area contributed by atoms with Crippen LogP contribution in [0.3, 0.4) is 0 Å². The van der Waals surface area contributed by atoms with Gasteiger partial charge < -0.3 is 20.5 Å². The molecule has 1 aliphatic carbocycles. The molecule has 0 bridgehead atoms. The smallest absolute Gasteiger partial charge is 0.290 e. The fraction of sp³-hybridized carbons (Fsp3) is 0.132. The summed E-state index contributed by atoms with van der Waals surface area (Å²) >= 11 is 3.46. The third-order valence-electron chi connectivity index (χ3n) is 7.66. The van der Waals surface area contributed by atoms with Crippen molar-refractivity contribution >= 4 is 39.9 Å². The van der Waals surface area contributed by atoms with E-state index in [4.69, 9.17) is 14.6 Å². The first-order valence-electron chi connectivity index (χ1n) is 14.9. The van der Waals surface area contributed by atoms with Gasteiger partial charge in [0.05, 0.1) is 11.3 Å². The van der Waals surface area contributed by atoms with E-state index in [0.29, 0.717) is 24.2 Å². The molecule has 0 aromatic heterocycles. The molecule has 2 atom stereocenters. The largest absolute Gasteiger partial charge is 0.483 e. The van der Waals surface area contributed by atoms with Crippen molar-refractivity contribution in [3.05, 3.63) is 149 Å². The summed E-state index contributed by atoms with van der Waals surface area (Å²) in [7, 11) is 0. The van der Waals surface area contributed by atoms with Gasteiger partial charge in [0.1, 0.15) is 11.5 Å². The fourth-order valence-electron chi connectivity index (χ4n) is 5.27. The Balaban J connectivity index is 0.00000134. The van der Waals surface area contributed by atoms with E-state index in [2.05, 4.69) is 63.0 Å². The van der Waals surface area contributed by atoms with Gasteiger partial charge in [-0.15, -0.1) is 0 Å². The number of carbonyl (C=O) groups is 3. The van der Waals surface area contributed by atoms with Gasteiger partial charge in [0, 0.05) is 22.5 Å². The number of carbonyl (C=O) groups excluding carboxylic acids is 2. The lowest BCUT2D eigenvalue weighted by Gasteiger charge is -2.13. The molecule has 7 nitrogen and oxygen atoms in total. The third kappa shape index (κ3) is 8.49. The molecule has 0 heterocycles. The van der Waals surface area contributed by atoms with Gasteiger partial charge in [0.2, 0.25) is 5.91 Å². The summed E-state index contributed by atoms with van der Waals surface area (Å²) in [6, 6.07) is 41.5. The van der Waals surface area contributed by atoms with Crippen molar-refractivity contribution < 1.29 is 24.2 Å². The minimum atomic E-state index is -0.250. The van der Waals surface area contributed by atoms with Crippen LogP contribution < -0.4 is 15.4 Å². The van der Waals surface area contributed by atoms with Crippen LogP contribution in [0.1, 0.15) is 33.8 Å². The molecule has 0 saturated heterocycles. The van der Waals surface area contributed by atoms with Crippen LogP contribution >= 0.6 is 15.9 Å². The predicted molar refractivity (Wildman–Crippen MR) is 183 cm³/mol. The zero-order chi connectivity index (χ0) is 32.3.